The van der Waals surface area contributed by atoms with Crippen molar-refractivity contribution in [3.8, 4) is 0 Å². The lowest BCUT2D eigenvalue weighted by Gasteiger charge is -2.32. The smallest absolute Gasteiger partial charge is 0.211 e. The number of hydrogen-bond acceptors (Lipinski definition) is 6. The molecule has 23 heavy (non-hydrogen) atoms. The van der Waals surface area contributed by atoms with Crippen LogP contribution in [0.5, 0.6) is 0 Å². The summed E-state index contributed by atoms with van der Waals surface area (Å²) in [6, 6.07) is 8.11. The van der Waals surface area contributed by atoms with Crippen molar-refractivity contribution >= 4 is 33.8 Å². The van der Waals surface area contributed by atoms with Crippen molar-refractivity contribution < 1.29 is 0 Å². The summed E-state index contributed by atoms with van der Waals surface area (Å²) in [4.78, 5) is 12.8. The summed E-state index contributed by atoms with van der Waals surface area (Å²) in [5, 5.41) is 10.5. The summed E-state index contributed by atoms with van der Waals surface area (Å²) in [5.41, 5.74) is 2.73. The topological polar surface area (TPSA) is 60.9 Å². The monoisotopic (exact) mass is 328 g/mol. The summed E-state index contributed by atoms with van der Waals surface area (Å²) in [5.74, 6) is 0.997. The minimum absolute atomic E-state index is 0.748. The van der Waals surface area contributed by atoms with Crippen molar-refractivity contribution in [2.45, 2.75) is 5.16 Å². The highest BCUT2D eigenvalue weighted by Gasteiger charge is 2.14. The highest BCUT2D eigenvalue weighted by Crippen LogP contribution is 2.23. The zero-order valence-electron chi connectivity index (χ0n) is 13.2. The maximum Gasteiger partial charge on any atom is 0.211 e. The van der Waals surface area contributed by atoms with Gasteiger partial charge in [0.2, 0.25) is 5.16 Å². The van der Waals surface area contributed by atoms with E-state index >= 15 is 0 Å². The molecule has 3 aromatic rings. The van der Waals surface area contributed by atoms with E-state index < -0.39 is 0 Å². The van der Waals surface area contributed by atoms with Gasteiger partial charge >= 0.3 is 0 Å². The Bertz CT molecular complexity index is 809. The SMILES string of the molecule is CN1CCN(CCSc2nnc3c(n2)[nH]c2ccccc23)CC1. The predicted molar refractivity (Wildman–Crippen MR) is 93.9 cm³/mol. The van der Waals surface area contributed by atoms with Crippen LogP contribution in [0.25, 0.3) is 22.1 Å². The molecule has 1 fully saturated rings. The van der Waals surface area contributed by atoms with E-state index in [0.29, 0.717) is 0 Å². The third-order valence-corrected chi connectivity index (χ3v) is 5.15. The Balaban J connectivity index is 1.42. The van der Waals surface area contributed by atoms with Crippen molar-refractivity contribution in [2.24, 2.45) is 0 Å². The van der Waals surface area contributed by atoms with Gasteiger partial charge in [-0.3, -0.25) is 4.90 Å². The molecule has 3 heterocycles. The number of nitrogens with zero attached hydrogens (tertiary/aromatic N) is 5. The number of hydrogen-bond donors (Lipinski definition) is 1. The number of para-hydroxylation sites is 1. The van der Waals surface area contributed by atoms with Crippen LogP contribution in [0.4, 0.5) is 0 Å². The number of benzene rings is 1. The van der Waals surface area contributed by atoms with Crippen LogP contribution in [-0.2, 0) is 0 Å². The highest BCUT2D eigenvalue weighted by atomic mass is 32.2. The van der Waals surface area contributed by atoms with Crippen molar-refractivity contribution in [1.29, 1.82) is 0 Å². The average Bonchev–Trinajstić information content (AvgIpc) is 2.94. The second-order valence-corrected chi connectivity index (χ2v) is 7.02. The average molecular weight is 328 g/mol. The molecule has 6 nitrogen and oxygen atoms in total. The highest BCUT2D eigenvalue weighted by molar-refractivity contribution is 7.99. The fourth-order valence-electron chi connectivity index (χ4n) is 2.90. The van der Waals surface area contributed by atoms with Gasteiger partial charge in [-0.1, -0.05) is 30.0 Å². The van der Waals surface area contributed by atoms with Gasteiger partial charge in [-0.25, -0.2) is 4.98 Å². The lowest BCUT2D eigenvalue weighted by atomic mass is 10.2. The molecule has 1 aliphatic rings. The second kappa shape index (κ2) is 6.43. The Morgan fingerprint density at radius 3 is 2.83 bits per heavy atom. The Kier molecular flexibility index (Phi) is 4.15. The van der Waals surface area contributed by atoms with Gasteiger partial charge in [0.25, 0.3) is 0 Å². The fourth-order valence-corrected chi connectivity index (χ4v) is 3.69. The van der Waals surface area contributed by atoms with Gasteiger partial charge in [-0.05, 0) is 13.1 Å². The van der Waals surface area contributed by atoms with Crippen LogP contribution in [0, 0.1) is 0 Å². The Hall–Kier alpha value is -1.70. The van der Waals surface area contributed by atoms with Gasteiger partial charge in [0.1, 0.15) is 5.52 Å². The standard InChI is InChI=1S/C16H20N6S/c1-21-6-8-22(9-7-21)10-11-23-16-18-15-14(19-20-16)12-4-2-3-5-13(12)17-15/h2-5H,6-11H2,1H3,(H,17,18,20). The minimum Gasteiger partial charge on any atom is -0.338 e. The van der Waals surface area contributed by atoms with E-state index in [2.05, 4.69) is 37.0 Å². The number of thioether (sulfide) groups is 1. The third kappa shape index (κ3) is 3.17. The van der Waals surface area contributed by atoms with Gasteiger partial charge in [0.15, 0.2) is 5.65 Å². The van der Waals surface area contributed by atoms with Crippen LogP contribution in [0.15, 0.2) is 29.4 Å². The summed E-state index contributed by atoms with van der Waals surface area (Å²) in [6.07, 6.45) is 0. The normalized spacial score (nSPS) is 17.3. The zero-order valence-corrected chi connectivity index (χ0v) is 14.0. The number of likely N-dealkylation sites (N-methyl/N-ethyl adjacent to an activating group) is 1. The molecule has 1 aromatic carbocycles. The van der Waals surface area contributed by atoms with Crippen LogP contribution in [0.3, 0.4) is 0 Å². The van der Waals surface area contributed by atoms with Crippen molar-refractivity contribution in [3.63, 3.8) is 0 Å². The molecule has 0 spiro atoms. The van der Waals surface area contributed by atoms with Crippen molar-refractivity contribution in [1.82, 2.24) is 30.0 Å². The lowest BCUT2D eigenvalue weighted by Crippen LogP contribution is -2.45. The number of H-pyrrole nitrogens is 1. The first-order valence-electron chi connectivity index (χ1n) is 7.94. The molecule has 0 bridgehead atoms. The van der Waals surface area contributed by atoms with Crippen LogP contribution in [0.1, 0.15) is 0 Å². The molecule has 0 radical (unpaired) electrons. The predicted octanol–water partition coefficient (Wildman–Crippen LogP) is 1.85. The van der Waals surface area contributed by atoms with E-state index in [-0.39, 0.29) is 0 Å². The minimum atomic E-state index is 0.748. The molecule has 7 heteroatoms. The molecule has 2 aromatic heterocycles. The van der Waals surface area contributed by atoms with E-state index in [1.54, 1.807) is 11.8 Å². The van der Waals surface area contributed by atoms with Gasteiger partial charge in [-0.15, -0.1) is 10.2 Å². The zero-order chi connectivity index (χ0) is 15.6. The summed E-state index contributed by atoms with van der Waals surface area (Å²) < 4.78 is 0. The van der Waals surface area contributed by atoms with Gasteiger partial charge in [-0.2, -0.15) is 0 Å². The van der Waals surface area contributed by atoms with Gasteiger partial charge in [0, 0.05) is 49.4 Å². The second-order valence-electron chi connectivity index (χ2n) is 5.96. The van der Waals surface area contributed by atoms with E-state index in [9.17, 15) is 0 Å². The largest absolute Gasteiger partial charge is 0.338 e. The van der Waals surface area contributed by atoms with Crippen molar-refractivity contribution in [2.75, 3.05) is 45.5 Å². The number of piperazine rings is 1. The first-order chi connectivity index (χ1) is 11.3. The molecule has 0 aliphatic carbocycles. The van der Waals surface area contributed by atoms with E-state index in [0.717, 1.165) is 65.7 Å². The summed E-state index contributed by atoms with van der Waals surface area (Å²) in [6.45, 7) is 5.69. The fraction of sp³-hybridized carbons (Fsp3) is 0.438. The van der Waals surface area contributed by atoms with E-state index in [1.807, 2.05) is 24.3 Å². The number of aromatic nitrogens is 4. The first kappa shape index (κ1) is 14.9. The van der Waals surface area contributed by atoms with Crippen molar-refractivity contribution in [3.05, 3.63) is 24.3 Å². The van der Waals surface area contributed by atoms with Crippen LogP contribution < -0.4 is 0 Å². The van der Waals surface area contributed by atoms with Gasteiger partial charge in [0.05, 0.1) is 0 Å². The van der Waals surface area contributed by atoms with E-state index in [1.165, 1.54) is 0 Å². The maximum atomic E-state index is 4.61. The Morgan fingerprint density at radius 1 is 1.13 bits per heavy atom. The number of aromatic amines is 1. The van der Waals surface area contributed by atoms with Crippen LogP contribution in [-0.4, -0.2) is 75.5 Å². The van der Waals surface area contributed by atoms with Crippen LogP contribution in [0.2, 0.25) is 0 Å². The Labute approximate surface area is 139 Å². The Morgan fingerprint density at radius 2 is 1.96 bits per heavy atom. The maximum absolute atomic E-state index is 4.61. The number of nitrogens with one attached hydrogen (secondary N) is 1. The molecular formula is C16H20N6S. The first-order valence-corrected chi connectivity index (χ1v) is 8.93. The molecule has 1 aliphatic heterocycles. The molecule has 120 valence electrons. The van der Waals surface area contributed by atoms with E-state index in [4.69, 9.17) is 0 Å². The molecular weight excluding hydrogens is 308 g/mol. The number of fused-ring (bicyclic) bond motifs is 3. The molecule has 4 rings (SSSR count). The molecule has 1 N–H and O–H groups in total. The lowest BCUT2D eigenvalue weighted by molar-refractivity contribution is 0.161. The van der Waals surface area contributed by atoms with Crippen LogP contribution >= 0.6 is 11.8 Å². The molecule has 1 saturated heterocycles. The number of rotatable bonds is 4. The third-order valence-electron chi connectivity index (χ3n) is 4.34. The molecule has 0 amide bonds. The quantitative estimate of drug-likeness (QED) is 0.738. The molecule has 0 saturated carbocycles. The molecule has 0 unspecified atom stereocenters. The summed E-state index contributed by atoms with van der Waals surface area (Å²) >= 11 is 1.68. The van der Waals surface area contributed by atoms with Gasteiger partial charge < -0.3 is 9.88 Å². The summed E-state index contributed by atoms with van der Waals surface area (Å²) in [7, 11) is 2.18. The molecule has 0 atom stereocenters.